The highest BCUT2D eigenvalue weighted by Gasteiger charge is 2.22. The van der Waals surface area contributed by atoms with Crippen molar-refractivity contribution in [2.75, 3.05) is 31.2 Å². The van der Waals surface area contributed by atoms with Gasteiger partial charge in [-0.2, -0.15) is 0 Å². The summed E-state index contributed by atoms with van der Waals surface area (Å²) in [7, 11) is 0. The molecule has 1 fully saturated rings. The summed E-state index contributed by atoms with van der Waals surface area (Å²) in [5.41, 5.74) is 8.16. The molecule has 16 heavy (non-hydrogen) atoms. The van der Waals surface area contributed by atoms with Crippen LogP contribution in [0.1, 0.15) is 5.56 Å². The fraction of sp³-hybridized carbons (Fsp3) is 0.500. The number of nitrogens with two attached hydrogens (primary N) is 1. The molecule has 88 valence electrons. The third-order valence-electron chi connectivity index (χ3n) is 2.97. The van der Waals surface area contributed by atoms with E-state index in [1.165, 1.54) is 11.3 Å². The Kier molecular flexibility index (Phi) is 3.69. The number of morpholine rings is 1. The number of benzene rings is 1. The van der Waals surface area contributed by atoms with Gasteiger partial charge >= 0.3 is 0 Å². The lowest BCUT2D eigenvalue weighted by Crippen LogP contribution is -2.49. The average Bonchev–Trinajstić information content (AvgIpc) is 2.29. The molecule has 0 bridgehead atoms. The summed E-state index contributed by atoms with van der Waals surface area (Å²) in [5.74, 6) is 0. The normalized spacial score (nSPS) is 21.2. The molecule has 2 N–H and O–H groups in total. The van der Waals surface area contributed by atoms with Crippen LogP contribution in [0.5, 0.6) is 0 Å². The van der Waals surface area contributed by atoms with Crippen LogP contribution in [0.15, 0.2) is 18.2 Å². The van der Waals surface area contributed by atoms with Crippen LogP contribution in [0.25, 0.3) is 0 Å². The van der Waals surface area contributed by atoms with Gasteiger partial charge in [-0.25, -0.2) is 0 Å². The maximum Gasteiger partial charge on any atom is 0.0683 e. The Balaban J connectivity index is 2.27. The molecule has 1 atom stereocenters. The van der Waals surface area contributed by atoms with Crippen LogP contribution in [0, 0.1) is 6.92 Å². The maximum absolute atomic E-state index is 5.96. The quantitative estimate of drug-likeness (QED) is 0.857. The summed E-state index contributed by atoms with van der Waals surface area (Å²) in [6.45, 7) is 5.05. The minimum Gasteiger partial charge on any atom is -0.377 e. The summed E-state index contributed by atoms with van der Waals surface area (Å²) < 4.78 is 5.44. The zero-order chi connectivity index (χ0) is 11.5. The van der Waals surface area contributed by atoms with Crippen molar-refractivity contribution >= 4 is 17.3 Å². The monoisotopic (exact) mass is 240 g/mol. The maximum atomic E-state index is 5.96. The van der Waals surface area contributed by atoms with Gasteiger partial charge in [0.25, 0.3) is 0 Å². The molecule has 1 heterocycles. The molecule has 3 nitrogen and oxygen atoms in total. The van der Waals surface area contributed by atoms with Gasteiger partial charge in [0, 0.05) is 23.8 Å². The van der Waals surface area contributed by atoms with Crippen LogP contribution in [0.4, 0.5) is 5.69 Å². The summed E-state index contributed by atoms with van der Waals surface area (Å²) in [5, 5.41) is 0.777. The third-order valence-corrected chi connectivity index (χ3v) is 3.20. The highest BCUT2D eigenvalue weighted by molar-refractivity contribution is 6.30. The van der Waals surface area contributed by atoms with E-state index >= 15 is 0 Å². The first-order valence-electron chi connectivity index (χ1n) is 5.53. The summed E-state index contributed by atoms with van der Waals surface area (Å²) in [6.07, 6.45) is 0. The van der Waals surface area contributed by atoms with Gasteiger partial charge in [-0.3, -0.25) is 0 Å². The SMILES string of the molecule is Cc1cc(Cl)ccc1N1CCOCC1CN. The van der Waals surface area contributed by atoms with Crippen LogP contribution in [-0.4, -0.2) is 32.3 Å². The summed E-state index contributed by atoms with van der Waals surface area (Å²) in [4.78, 5) is 2.31. The average molecular weight is 241 g/mol. The van der Waals surface area contributed by atoms with Gasteiger partial charge in [-0.05, 0) is 30.7 Å². The third kappa shape index (κ3) is 2.32. The van der Waals surface area contributed by atoms with E-state index in [1.54, 1.807) is 0 Å². The van der Waals surface area contributed by atoms with Gasteiger partial charge in [0.15, 0.2) is 0 Å². The Morgan fingerprint density at radius 2 is 2.38 bits per heavy atom. The standard InChI is InChI=1S/C12H17ClN2O/c1-9-6-10(13)2-3-12(9)15-4-5-16-8-11(15)7-14/h2-3,6,11H,4-5,7-8,14H2,1H3. The van der Waals surface area contributed by atoms with Crippen molar-refractivity contribution in [1.82, 2.24) is 0 Å². The molecule has 0 saturated carbocycles. The smallest absolute Gasteiger partial charge is 0.0683 e. The minimum atomic E-state index is 0.272. The number of ether oxygens (including phenoxy) is 1. The van der Waals surface area contributed by atoms with Crippen LogP contribution in [-0.2, 0) is 4.74 Å². The van der Waals surface area contributed by atoms with Gasteiger partial charge in [0.1, 0.15) is 0 Å². The lowest BCUT2D eigenvalue weighted by Gasteiger charge is -2.37. The van der Waals surface area contributed by atoms with Gasteiger partial charge in [-0.15, -0.1) is 0 Å². The van der Waals surface area contributed by atoms with E-state index in [1.807, 2.05) is 12.1 Å². The lowest BCUT2D eigenvalue weighted by atomic mass is 10.1. The van der Waals surface area contributed by atoms with Crippen LogP contribution >= 0.6 is 11.6 Å². The summed E-state index contributed by atoms with van der Waals surface area (Å²) in [6, 6.07) is 6.24. The van der Waals surface area contributed by atoms with Crippen molar-refractivity contribution in [1.29, 1.82) is 0 Å². The second-order valence-electron chi connectivity index (χ2n) is 4.09. The largest absolute Gasteiger partial charge is 0.377 e. The Bertz CT molecular complexity index is 370. The van der Waals surface area contributed by atoms with E-state index in [-0.39, 0.29) is 6.04 Å². The van der Waals surface area contributed by atoms with Crippen molar-refractivity contribution in [3.8, 4) is 0 Å². The fourth-order valence-corrected chi connectivity index (χ4v) is 2.34. The van der Waals surface area contributed by atoms with E-state index in [4.69, 9.17) is 22.1 Å². The zero-order valence-corrected chi connectivity index (χ0v) is 10.2. The highest BCUT2D eigenvalue weighted by atomic mass is 35.5. The number of rotatable bonds is 2. The van der Waals surface area contributed by atoms with Gasteiger partial charge in [-0.1, -0.05) is 11.6 Å². The second kappa shape index (κ2) is 5.04. The molecule has 0 amide bonds. The molecule has 0 aromatic heterocycles. The van der Waals surface area contributed by atoms with E-state index in [9.17, 15) is 0 Å². The molecule has 1 saturated heterocycles. The molecule has 4 heteroatoms. The molecule has 0 aliphatic carbocycles. The molecule has 0 radical (unpaired) electrons. The number of halogens is 1. The molecule has 1 unspecified atom stereocenters. The zero-order valence-electron chi connectivity index (χ0n) is 9.45. The number of hydrogen-bond donors (Lipinski definition) is 1. The molecule has 1 aromatic rings. The molecule has 0 spiro atoms. The Hall–Kier alpha value is -0.770. The second-order valence-corrected chi connectivity index (χ2v) is 4.53. The van der Waals surface area contributed by atoms with E-state index in [0.717, 1.165) is 18.2 Å². The molecule has 1 aliphatic rings. The Labute approximate surface area is 101 Å². The van der Waals surface area contributed by atoms with Crippen molar-refractivity contribution < 1.29 is 4.74 Å². The van der Waals surface area contributed by atoms with Crippen LogP contribution in [0.2, 0.25) is 5.02 Å². The Morgan fingerprint density at radius 1 is 1.56 bits per heavy atom. The van der Waals surface area contributed by atoms with Gasteiger partial charge in [0.05, 0.1) is 19.3 Å². The van der Waals surface area contributed by atoms with Crippen molar-refractivity contribution in [3.63, 3.8) is 0 Å². The van der Waals surface area contributed by atoms with Crippen molar-refractivity contribution in [2.45, 2.75) is 13.0 Å². The number of aryl methyl sites for hydroxylation is 1. The van der Waals surface area contributed by atoms with E-state index < -0.39 is 0 Å². The summed E-state index contributed by atoms with van der Waals surface area (Å²) >= 11 is 5.96. The Morgan fingerprint density at radius 3 is 3.06 bits per heavy atom. The molecular formula is C12H17ClN2O. The minimum absolute atomic E-state index is 0.272. The molecule has 1 aromatic carbocycles. The van der Waals surface area contributed by atoms with Crippen LogP contribution < -0.4 is 10.6 Å². The first kappa shape index (κ1) is 11.7. The first-order chi connectivity index (χ1) is 7.72. The first-order valence-corrected chi connectivity index (χ1v) is 5.91. The van der Waals surface area contributed by atoms with E-state index in [0.29, 0.717) is 13.2 Å². The molecule has 2 rings (SSSR count). The highest BCUT2D eigenvalue weighted by Crippen LogP contribution is 2.26. The van der Waals surface area contributed by atoms with Crippen molar-refractivity contribution in [2.24, 2.45) is 5.73 Å². The fourth-order valence-electron chi connectivity index (χ4n) is 2.11. The molecular weight excluding hydrogens is 224 g/mol. The van der Waals surface area contributed by atoms with E-state index in [2.05, 4.69) is 17.9 Å². The predicted molar refractivity (Wildman–Crippen MR) is 67.2 cm³/mol. The number of hydrogen-bond acceptors (Lipinski definition) is 3. The lowest BCUT2D eigenvalue weighted by molar-refractivity contribution is 0.0962. The number of anilines is 1. The van der Waals surface area contributed by atoms with Gasteiger partial charge in [0.2, 0.25) is 0 Å². The number of nitrogens with zero attached hydrogens (tertiary/aromatic N) is 1. The topological polar surface area (TPSA) is 38.5 Å². The predicted octanol–water partition coefficient (Wildman–Crippen LogP) is 1.81. The molecule has 1 aliphatic heterocycles. The van der Waals surface area contributed by atoms with Gasteiger partial charge < -0.3 is 15.4 Å². The van der Waals surface area contributed by atoms with Crippen LogP contribution in [0.3, 0.4) is 0 Å². The van der Waals surface area contributed by atoms with Crippen molar-refractivity contribution in [3.05, 3.63) is 28.8 Å².